The van der Waals surface area contributed by atoms with E-state index in [0.717, 1.165) is 0 Å². The molecular formula is C9H8N2O2. The summed E-state index contributed by atoms with van der Waals surface area (Å²) in [7, 11) is 0. The molecule has 0 atom stereocenters. The first kappa shape index (κ1) is 7.79. The van der Waals surface area contributed by atoms with Crippen LogP contribution in [0.25, 0.3) is 0 Å². The monoisotopic (exact) mass is 176 g/mol. The number of hydrogen-bond donors (Lipinski definition) is 1. The second-order valence-corrected chi connectivity index (χ2v) is 2.60. The summed E-state index contributed by atoms with van der Waals surface area (Å²) in [6.45, 7) is 0.120. The summed E-state index contributed by atoms with van der Waals surface area (Å²) >= 11 is 0. The lowest BCUT2D eigenvalue weighted by atomic mass is 10.4. The van der Waals surface area contributed by atoms with Crippen LogP contribution in [0.1, 0.15) is 0 Å². The highest BCUT2D eigenvalue weighted by atomic mass is 16.5. The summed E-state index contributed by atoms with van der Waals surface area (Å²) in [4.78, 5) is 14.8. The molecule has 0 saturated heterocycles. The van der Waals surface area contributed by atoms with Crippen LogP contribution in [-0.2, 0) is 9.53 Å². The number of carbonyl (C=O) groups is 1. The Morgan fingerprint density at radius 2 is 2.38 bits per heavy atom. The van der Waals surface area contributed by atoms with Gasteiger partial charge in [-0.05, 0) is 12.1 Å². The van der Waals surface area contributed by atoms with Gasteiger partial charge in [0.2, 0.25) is 0 Å². The van der Waals surface area contributed by atoms with Gasteiger partial charge in [0.15, 0.2) is 18.3 Å². The van der Waals surface area contributed by atoms with Gasteiger partial charge in [-0.2, -0.15) is 0 Å². The predicted octanol–water partition coefficient (Wildman–Crippen LogP) is 0.934. The number of nitrogens with one attached hydrogen (secondary N) is 1. The molecule has 0 spiro atoms. The molecule has 0 saturated carbocycles. The summed E-state index contributed by atoms with van der Waals surface area (Å²) in [5, 5.41) is 2.88. The molecule has 1 aliphatic rings. The molecule has 4 nitrogen and oxygen atoms in total. The number of carbonyl (C=O) groups excluding carboxylic acids is 1. The van der Waals surface area contributed by atoms with E-state index in [9.17, 15) is 4.79 Å². The van der Waals surface area contributed by atoms with Gasteiger partial charge in [0, 0.05) is 12.3 Å². The highest BCUT2D eigenvalue weighted by Gasteiger charge is 2.12. The van der Waals surface area contributed by atoms with Crippen molar-refractivity contribution in [3.8, 4) is 0 Å². The Balaban J connectivity index is 2.07. The van der Waals surface area contributed by atoms with Crippen molar-refractivity contribution in [1.29, 1.82) is 0 Å². The first-order chi connectivity index (χ1) is 6.34. The van der Waals surface area contributed by atoms with Crippen LogP contribution in [0.5, 0.6) is 0 Å². The maximum absolute atomic E-state index is 10.8. The van der Waals surface area contributed by atoms with Crippen LogP contribution in [0.15, 0.2) is 36.4 Å². The van der Waals surface area contributed by atoms with Crippen molar-refractivity contribution in [2.75, 3.05) is 11.9 Å². The maximum atomic E-state index is 10.8. The van der Waals surface area contributed by atoms with Crippen LogP contribution in [0, 0.1) is 0 Å². The van der Waals surface area contributed by atoms with Gasteiger partial charge in [0.05, 0.1) is 0 Å². The Kier molecular flexibility index (Phi) is 1.96. The molecule has 1 aromatic rings. The van der Waals surface area contributed by atoms with Gasteiger partial charge in [-0.15, -0.1) is 0 Å². The molecule has 0 bridgehead atoms. The molecular weight excluding hydrogens is 168 g/mol. The minimum atomic E-state index is -0.0292. The number of ether oxygens (including phenoxy) is 1. The van der Waals surface area contributed by atoms with E-state index in [-0.39, 0.29) is 12.4 Å². The molecule has 0 aromatic carbocycles. The van der Waals surface area contributed by atoms with Crippen molar-refractivity contribution in [2.24, 2.45) is 0 Å². The molecule has 4 heteroatoms. The Hall–Kier alpha value is -1.84. The third-order valence-electron chi connectivity index (χ3n) is 1.58. The summed E-state index contributed by atoms with van der Waals surface area (Å²) in [6, 6.07) is 5.47. The molecule has 13 heavy (non-hydrogen) atoms. The molecule has 0 fully saturated rings. The van der Waals surface area contributed by atoms with Crippen molar-refractivity contribution in [1.82, 2.24) is 4.98 Å². The van der Waals surface area contributed by atoms with E-state index in [4.69, 9.17) is 4.74 Å². The first-order valence-corrected chi connectivity index (χ1v) is 3.90. The molecule has 0 radical (unpaired) electrons. The van der Waals surface area contributed by atoms with Crippen LogP contribution >= 0.6 is 0 Å². The van der Waals surface area contributed by atoms with Crippen molar-refractivity contribution >= 4 is 11.6 Å². The van der Waals surface area contributed by atoms with Gasteiger partial charge in [-0.3, -0.25) is 4.79 Å². The lowest BCUT2D eigenvalue weighted by Gasteiger charge is -2.04. The van der Waals surface area contributed by atoms with E-state index >= 15 is 0 Å². The van der Waals surface area contributed by atoms with Crippen LogP contribution in [0.4, 0.5) is 5.82 Å². The van der Waals surface area contributed by atoms with Gasteiger partial charge < -0.3 is 10.1 Å². The molecule has 1 aromatic heterocycles. The molecule has 0 aliphatic carbocycles. The summed E-state index contributed by atoms with van der Waals surface area (Å²) in [5.74, 6) is 1.10. The van der Waals surface area contributed by atoms with E-state index in [0.29, 0.717) is 11.7 Å². The highest BCUT2D eigenvalue weighted by molar-refractivity contribution is 5.93. The van der Waals surface area contributed by atoms with Gasteiger partial charge >= 0.3 is 0 Å². The molecule has 2 rings (SSSR count). The number of anilines is 1. The van der Waals surface area contributed by atoms with E-state index in [1.807, 2.05) is 12.1 Å². The Morgan fingerprint density at radius 1 is 1.46 bits per heavy atom. The lowest BCUT2D eigenvalue weighted by Crippen LogP contribution is -2.01. The van der Waals surface area contributed by atoms with Crippen LogP contribution in [0.3, 0.4) is 0 Å². The summed E-state index contributed by atoms with van der Waals surface area (Å²) in [5.41, 5.74) is 0. The van der Waals surface area contributed by atoms with E-state index in [1.54, 1.807) is 12.3 Å². The summed E-state index contributed by atoms with van der Waals surface area (Å²) in [6.07, 6.45) is 3.09. The topological polar surface area (TPSA) is 51.2 Å². The number of aromatic nitrogens is 1. The van der Waals surface area contributed by atoms with Crippen LogP contribution in [-0.4, -0.2) is 17.4 Å². The summed E-state index contributed by atoms with van der Waals surface area (Å²) < 4.78 is 5.03. The van der Waals surface area contributed by atoms with Crippen molar-refractivity contribution < 1.29 is 9.53 Å². The minimum Gasteiger partial charge on any atom is -0.470 e. The molecule has 1 aliphatic heterocycles. The third-order valence-corrected chi connectivity index (χ3v) is 1.58. The fourth-order valence-electron chi connectivity index (χ4n) is 1.01. The molecule has 1 N–H and O–H groups in total. The molecule has 2 heterocycles. The number of nitrogens with zero attached hydrogens (tertiary/aromatic N) is 1. The van der Waals surface area contributed by atoms with Gasteiger partial charge in [0.25, 0.3) is 0 Å². The second kappa shape index (κ2) is 3.26. The normalized spacial score (nSPS) is 15.1. The number of hydrogen-bond acceptors (Lipinski definition) is 4. The molecule has 0 unspecified atom stereocenters. The van der Waals surface area contributed by atoms with Crippen LogP contribution < -0.4 is 5.32 Å². The Morgan fingerprint density at radius 3 is 3.00 bits per heavy atom. The predicted molar refractivity (Wildman–Crippen MR) is 46.9 cm³/mol. The minimum absolute atomic E-state index is 0.0292. The van der Waals surface area contributed by atoms with Gasteiger partial charge in [-0.25, -0.2) is 4.98 Å². The third kappa shape index (κ3) is 1.84. The molecule has 66 valence electrons. The average Bonchev–Trinajstić information content (AvgIpc) is 2.53. The van der Waals surface area contributed by atoms with E-state index < -0.39 is 0 Å². The average molecular weight is 176 g/mol. The maximum Gasteiger partial charge on any atom is 0.198 e. The fourth-order valence-corrected chi connectivity index (χ4v) is 1.01. The number of rotatable bonds is 2. The fraction of sp³-hybridized carbons (Fsp3) is 0.111. The Bertz CT molecular complexity index is 346. The Labute approximate surface area is 75.2 Å². The van der Waals surface area contributed by atoms with Gasteiger partial charge in [0.1, 0.15) is 5.82 Å². The zero-order chi connectivity index (χ0) is 9.10. The van der Waals surface area contributed by atoms with Gasteiger partial charge in [-0.1, -0.05) is 6.07 Å². The second-order valence-electron chi connectivity index (χ2n) is 2.60. The largest absolute Gasteiger partial charge is 0.470 e. The van der Waals surface area contributed by atoms with E-state index in [2.05, 4.69) is 10.3 Å². The highest BCUT2D eigenvalue weighted by Crippen LogP contribution is 2.10. The smallest absolute Gasteiger partial charge is 0.198 e. The van der Waals surface area contributed by atoms with Crippen molar-refractivity contribution in [3.05, 3.63) is 36.4 Å². The van der Waals surface area contributed by atoms with Crippen molar-refractivity contribution in [2.45, 2.75) is 0 Å². The van der Waals surface area contributed by atoms with Crippen molar-refractivity contribution in [3.63, 3.8) is 0 Å². The zero-order valence-corrected chi connectivity index (χ0v) is 6.86. The van der Waals surface area contributed by atoms with E-state index in [1.165, 1.54) is 6.08 Å². The standard InChI is InChI=1S/C9H8N2O2/c12-7-5-9(13-6-7)11-8-3-1-2-4-10-8/h1-5H,6H2,(H,10,11). The quantitative estimate of drug-likeness (QED) is 0.728. The number of pyridine rings is 1. The lowest BCUT2D eigenvalue weighted by molar-refractivity contribution is -0.115. The SMILES string of the molecule is O=C1C=C(Nc2ccccn2)OC1. The first-order valence-electron chi connectivity index (χ1n) is 3.90. The zero-order valence-electron chi connectivity index (χ0n) is 6.86. The van der Waals surface area contributed by atoms with Crippen LogP contribution in [0.2, 0.25) is 0 Å². The number of ketones is 1. The molecule has 0 amide bonds.